The largest absolute Gasteiger partial charge is 0.508 e. The Labute approximate surface area is 115 Å². The van der Waals surface area contributed by atoms with Crippen molar-refractivity contribution in [2.24, 2.45) is 5.92 Å². The second kappa shape index (κ2) is 6.29. The molecule has 1 fully saturated rings. The molecule has 1 aromatic carbocycles. The Kier molecular flexibility index (Phi) is 4.70. The summed E-state index contributed by atoms with van der Waals surface area (Å²) in [5.41, 5.74) is 0.775. The number of rotatable bonds is 3. The Morgan fingerprint density at radius 3 is 2.74 bits per heavy atom. The third-order valence-corrected chi connectivity index (χ3v) is 4.22. The molecule has 106 valence electrons. The lowest BCUT2D eigenvalue weighted by atomic mass is 10.0. The van der Waals surface area contributed by atoms with Gasteiger partial charge in [-0.25, -0.2) is 0 Å². The first-order chi connectivity index (χ1) is 9.06. The van der Waals surface area contributed by atoms with E-state index in [2.05, 4.69) is 12.2 Å². The molecule has 0 amide bonds. The average Bonchev–Trinajstić information content (AvgIpc) is 2.57. The van der Waals surface area contributed by atoms with E-state index in [0.29, 0.717) is 6.04 Å². The Morgan fingerprint density at radius 2 is 1.95 bits per heavy atom. The number of nitrogens with one attached hydrogen (secondary N) is 1. The maximum absolute atomic E-state index is 9.88. The normalized spacial score (nSPS) is 25.8. The fourth-order valence-corrected chi connectivity index (χ4v) is 2.99. The van der Waals surface area contributed by atoms with Crippen LogP contribution in [0.15, 0.2) is 18.2 Å². The van der Waals surface area contributed by atoms with E-state index < -0.39 is 0 Å². The van der Waals surface area contributed by atoms with Crippen molar-refractivity contribution in [1.82, 2.24) is 5.32 Å². The van der Waals surface area contributed by atoms with E-state index in [0.717, 1.165) is 11.5 Å². The third-order valence-electron chi connectivity index (χ3n) is 4.22. The molecule has 0 aliphatic heterocycles. The van der Waals surface area contributed by atoms with E-state index in [1.807, 2.05) is 6.92 Å². The van der Waals surface area contributed by atoms with Gasteiger partial charge in [-0.3, -0.25) is 0 Å². The molecule has 0 heterocycles. The fourth-order valence-electron chi connectivity index (χ4n) is 2.99. The van der Waals surface area contributed by atoms with Crippen LogP contribution in [0.3, 0.4) is 0 Å². The topological polar surface area (TPSA) is 52.5 Å². The minimum Gasteiger partial charge on any atom is -0.508 e. The molecule has 1 aromatic rings. The first-order valence-electron chi connectivity index (χ1n) is 7.34. The average molecular weight is 263 g/mol. The van der Waals surface area contributed by atoms with Crippen LogP contribution >= 0.6 is 0 Å². The first kappa shape index (κ1) is 14.2. The van der Waals surface area contributed by atoms with Crippen molar-refractivity contribution in [2.45, 2.75) is 58.0 Å². The highest BCUT2D eigenvalue weighted by Crippen LogP contribution is 2.30. The highest BCUT2D eigenvalue weighted by atomic mass is 16.3. The van der Waals surface area contributed by atoms with E-state index >= 15 is 0 Å². The molecule has 0 bridgehead atoms. The van der Waals surface area contributed by atoms with Crippen molar-refractivity contribution in [1.29, 1.82) is 0 Å². The first-order valence-corrected chi connectivity index (χ1v) is 7.34. The van der Waals surface area contributed by atoms with E-state index in [1.54, 1.807) is 12.1 Å². The molecule has 19 heavy (non-hydrogen) atoms. The predicted octanol–water partition coefficient (Wildman–Crippen LogP) is 3.72. The molecule has 3 heteroatoms. The number of aromatic hydroxyl groups is 2. The Balaban J connectivity index is 2.00. The zero-order chi connectivity index (χ0) is 13.8. The maximum Gasteiger partial charge on any atom is 0.120 e. The van der Waals surface area contributed by atoms with Gasteiger partial charge in [-0.05, 0) is 50.3 Å². The van der Waals surface area contributed by atoms with Gasteiger partial charge in [0.2, 0.25) is 0 Å². The molecule has 2 rings (SSSR count). The zero-order valence-electron chi connectivity index (χ0n) is 11.9. The Morgan fingerprint density at radius 1 is 1.16 bits per heavy atom. The van der Waals surface area contributed by atoms with Gasteiger partial charge in [0.1, 0.15) is 11.5 Å². The van der Waals surface area contributed by atoms with Gasteiger partial charge in [0, 0.05) is 17.6 Å². The summed E-state index contributed by atoms with van der Waals surface area (Å²) in [6.45, 7) is 4.37. The van der Waals surface area contributed by atoms with Crippen LogP contribution < -0.4 is 5.32 Å². The number of phenols is 2. The molecule has 0 aromatic heterocycles. The molecule has 0 spiro atoms. The van der Waals surface area contributed by atoms with Crippen molar-refractivity contribution in [3.8, 4) is 11.5 Å². The monoisotopic (exact) mass is 263 g/mol. The molecule has 3 unspecified atom stereocenters. The van der Waals surface area contributed by atoms with E-state index in [9.17, 15) is 10.2 Å². The third kappa shape index (κ3) is 3.87. The molecule has 3 nitrogen and oxygen atoms in total. The molecule has 0 saturated heterocycles. The van der Waals surface area contributed by atoms with Gasteiger partial charge in [-0.2, -0.15) is 0 Å². The van der Waals surface area contributed by atoms with E-state index in [4.69, 9.17) is 0 Å². The summed E-state index contributed by atoms with van der Waals surface area (Å²) in [6, 6.07) is 5.29. The number of benzene rings is 1. The highest BCUT2D eigenvalue weighted by Gasteiger charge is 2.19. The van der Waals surface area contributed by atoms with Crippen molar-refractivity contribution < 1.29 is 10.2 Å². The SMILES string of the molecule is CC1CCCC(NC(C)c2cc(O)ccc2O)CC1. The second-order valence-corrected chi connectivity index (χ2v) is 5.94. The number of hydrogen-bond donors (Lipinski definition) is 3. The van der Waals surface area contributed by atoms with Gasteiger partial charge < -0.3 is 15.5 Å². The van der Waals surface area contributed by atoms with Gasteiger partial charge in [0.05, 0.1) is 0 Å². The van der Waals surface area contributed by atoms with Gasteiger partial charge in [-0.1, -0.05) is 19.8 Å². The maximum atomic E-state index is 9.88. The predicted molar refractivity (Wildman–Crippen MR) is 77.4 cm³/mol. The van der Waals surface area contributed by atoms with Crippen molar-refractivity contribution in [2.75, 3.05) is 0 Å². The van der Waals surface area contributed by atoms with Crippen molar-refractivity contribution in [3.63, 3.8) is 0 Å². The number of phenolic OH excluding ortho intramolecular Hbond substituents is 2. The van der Waals surface area contributed by atoms with Crippen LogP contribution in [0.2, 0.25) is 0 Å². The lowest BCUT2D eigenvalue weighted by molar-refractivity contribution is 0.392. The Hall–Kier alpha value is -1.22. The van der Waals surface area contributed by atoms with Gasteiger partial charge in [-0.15, -0.1) is 0 Å². The minimum absolute atomic E-state index is 0.0607. The molecule has 1 aliphatic carbocycles. The molecular weight excluding hydrogens is 238 g/mol. The Bertz CT molecular complexity index is 419. The van der Waals surface area contributed by atoms with Gasteiger partial charge >= 0.3 is 0 Å². The quantitative estimate of drug-likeness (QED) is 0.575. The van der Waals surface area contributed by atoms with Crippen LogP contribution in [-0.2, 0) is 0 Å². The zero-order valence-corrected chi connectivity index (χ0v) is 11.9. The molecular formula is C16H25NO2. The van der Waals surface area contributed by atoms with Crippen LogP contribution in [0.25, 0.3) is 0 Å². The van der Waals surface area contributed by atoms with Gasteiger partial charge in [0.25, 0.3) is 0 Å². The van der Waals surface area contributed by atoms with Gasteiger partial charge in [0.15, 0.2) is 0 Å². The number of hydrogen-bond acceptors (Lipinski definition) is 3. The van der Waals surface area contributed by atoms with Crippen molar-refractivity contribution >= 4 is 0 Å². The van der Waals surface area contributed by atoms with Crippen LogP contribution in [0.5, 0.6) is 11.5 Å². The van der Waals surface area contributed by atoms with Crippen LogP contribution in [-0.4, -0.2) is 16.3 Å². The summed E-state index contributed by atoms with van der Waals surface area (Å²) in [5, 5.41) is 23.0. The summed E-state index contributed by atoms with van der Waals surface area (Å²) in [4.78, 5) is 0. The standard InChI is InChI=1S/C16H25NO2/c1-11-4-3-5-13(7-6-11)17-12(2)15-10-14(18)8-9-16(15)19/h8-13,17-19H,3-7H2,1-2H3. The lowest BCUT2D eigenvalue weighted by Crippen LogP contribution is -2.31. The molecule has 3 atom stereocenters. The summed E-state index contributed by atoms with van der Waals surface area (Å²) in [5.74, 6) is 1.28. The van der Waals surface area contributed by atoms with E-state index in [1.165, 1.54) is 38.2 Å². The highest BCUT2D eigenvalue weighted by molar-refractivity contribution is 5.40. The summed E-state index contributed by atoms with van der Waals surface area (Å²) in [7, 11) is 0. The summed E-state index contributed by atoms with van der Waals surface area (Å²) < 4.78 is 0. The summed E-state index contributed by atoms with van der Waals surface area (Å²) >= 11 is 0. The molecule has 1 saturated carbocycles. The summed E-state index contributed by atoms with van der Waals surface area (Å²) in [6.07, 6.45) is 6.28. The van der Waals surface area contributed by atoms with Crippen LogP contribution in [0, 0.1) is 5.92 Å². The second-order valence-electron chi connectivity index (χ2n) is 5.94. The molecule has 3 N–H and O–H groups in total. The van der Waals surface area contributed by atoms with Crippen LogP contribution in [0.1, 0.15) is 57.6 Å². The molecule has 1 aliphatic rings. The van der Waals surface area contributed by atoms with E-state index in [-0.39, 0.29) is 17.5 Å². The van der Waals surface area contributed by atoms with Crippen LogP contribution in [0.4, 0.5) is 0 Å². The minimum atomic E-state index is 0.0607. The fraction of sp³-hybridized carbons (Fsp3) is 0.625. The molecule has 0 radical (unpaired) electrons. The van der Waals surface area contributed by atoms with Crippen molar-refractivity contribution in [3.05, 3.63) is 23.8 Å². The smallest absolute Gasteiger partial charge is 0.120 e. The lowest BCUT2D eigenvalue weighted by Gasteiger charge is -2.23.